The normalized spacial score (nSPS) is 15.4. The molecule has 2 aromatic rings. The predicted molar refractivity (Wildman–Crippen MR) is 112 cm³/mol. The summed E-state index contributed by atoms with van der Waals surface area (Å²) >= 11 is 4.34. The molecule has 1 heterocycles. The average Bonchev–Trinajstić information content (AvgIpc) is 3.10. The van der Waals surface area contributed by atoms with Crippen LogP contribution in [0.2, 0.25) is 0 Å². The first-order chi connectivity index (χ1) is 12.6. The van der Waals surface area contributed by atoms with Gasteiger partial charge in [0.25, 0.3) is 0 Å². The molecule has 0 saturated heterocycles. The lowest BCUT2D eigenvalue weighted by Gasteiger charge is -2.05. The fourth-order valence-electron chi connectivity index (χ4n) is 2.32. The van der Waals surface area contributed by atoms with Gasteiger partial charge in [-0.3, -0.25) is 9.59 Å². The molecular weight excluding hydrogens is 384 g/mol. The standard InChI is InChI=1S/C20H16O3S3/c1-23-15-10-6-9-14(11-15)18(22)19-20(24-2)26-17(25-19)12-16(21)13-7-4-3-5-8-13/h3-12H,1-2H3/b17-12-. The summed E-state index contributed by atoms with van der Waals surface area (Å²) in [5, 5.41) is 0. The minimum Gasteiger partial charge on any atom is -0.497 e. The largest absolute Gasteiger partial charge is 0.497 e. The van der Waals surface area contributed by atoms with Crippen molar-refractivity contribution in [3.63, 3.8) is 0 Å². The monoisotopic (exact) mass is 400 g/mol. The highest BCUT2D eigenvalue weighted by Crippen LogP contribution is 2.53. The van der Waals surface area contributed by atoms with Gasteiger partial charge in [-0.1, -0.05) is 66.0 Å². The Hall–Kier alpha value is -1.89. The first-order valence-corrected chi connectivity index (χ1v) is 10.6. The van der Waals surface area contributed by atoms with E-state index in [0.29, 0.717) is 21.8 Å². The van der Waals surface area contributed by atoms with Crippen LogP contribution in [0.4, 0.5) is 0 Å². The van der Waals surface area contributed by atoms with Gasteiger partial charge in [0, 0.05) is 17.2 Å². The quantitative estimate of drug-likeness (QED) is 0.463. The highest BCUT2D eigenvalue weighted by molar-refractivity contribution is 8.36. The Morgan fingerprint density at radius 1 is 1.00 bits per heavy atom. The Morgan fingerprint density at radius 3 is 2.42 bits per heavy atom. The molecule has 0 aliphatic carbocycles. The third-order valence-corrected chi connectivity index (χ3v) is 7.32. The van der Waals surface area contributed by atoms with Crippen molar-refractivity contribution in [3.8, 4) is 5.75 Å². The van der Waals surface area contributed by atoms with Crippen LogP contribution >= 0.6 is 35.3 Å². The van der Waals surface area contributed by atoms with E-state index in [1.807, 2.05) is 24.5 Å². The second-order valence-electron chi connectivity index (χ2n) is 5.28. The molecule has 26 heavy (non-hydrogen) atoms. The molecule has 0 unspecified atom stereocenters. The summed E-state index contributed by atoms with van der Waals surface area (Å²) in [6.07, 6.45) is 3.54. The number of hydrogen-bond acceptors (Lipinski definition) is 6. The summed E-state index contributed by atoms with van der Waals surface area (Å²) in [4.78, 5) is 26.0. The number of hydrogen-bond donors (Lipinski definition) is 0. The molecule has 3 rings (SSSR count). The van der Waals surface area contributed by atoms with Crippen LogP contribution in [0.3, 0.4) is 0 Å². The zero-order valence-corrected chi connectivity index (χ0v) is 16.7. The van der Waals surface area contributed by atoms with E-state index in [-0.39, 0.29) is 11.6 Å². The number of carbonyl (C=O) groups is 2. The molecule has 0 radical (unpaired) electrons. The van der Waals surface area contributed by atoms with Crippen LogP contribution in [0, 0.1) is 0 Å². The van der Waals surface area contributed by atoms with E-state index in [4.69, 9.17) is 4.74 Å². The van der Waals surface area contributed by atoms with Crippen LogP contribution < -0.4 is 4.74 Å². The van der Waals surface area contributed by atoms with Gasteiger partial charge in [0.1, 0.15) is 5.75 Å². The van der Waals surface area contributed by atoms with Crippen LogP contribution in [0.15, 0.2) is 74.1 Å². The molecule has 0 saturated carbocycles. The zero-order chi connectivity index (χ0) is 18.5. The number of allylic oxidation sites excluding steroid dienone is 2. The first-order valence-electron chi connectivity index (χ1n) is 7.76. The molecule has 0 atom stereocenters. The van der Waals surface area contributed by atoms with E-state index in [9.17, 15) is 9.59 Å². The molecule has 2 aromatic carbocycles. The molecule has 0 fully saturated rings. The second kappa shape index (κ2) is 8.66. The number of ether oxygens (including phenoxy) is 1. The second-order valence-corrected chi connectivity index (χ2v) is 8.72. The van der Waals surface area contributed by atoms with E-state index >= 15 is 0 Å². The number of carbonyl (C=O) groups excluding carboxylic acids is 2. The number of Topliss-reactive ketones (excluding diaryl/α,β-unsaturated/α-hetero) is 1. The highest BCUT2D eigenvalue weighted by Gasteiger charge is 2.27. The Morgan fingerprint density at radius 2 is 1.73 bits per heavy atom. The molecule has 6 heteroatoms. The molecule has 3 nitrogen and oxygen atoms in total. The van der Waals surface area contributed by atoms with Gasteiger partial charge in [-0.25, -0.2) is 0 Å². The van der Waals surface area contributed by atoms with E-state index in [1.165, 1.54) is 35.3 Å². The Kier molecular flexibility index (Phi) is 6.29. The molecule has 0 aromatic heterocycles. The van der Waals surface area contributed by atoms with Crippen molar-refractivity contribution >= 4 is 46.9 Å². The van der Waals surface area contributed by atoms with Gasteiger partial charge in [0.15, 0.2) is 5.78 Å². The maximum absolute atomic E-state index is 12.9. The van der Waals surface area contributed by atoms with Gasteiger partial charge in [-0.15, -0.1) is 11.8 Å². The third kappa shape index (κ3) is 4.26. The van der Waals surface area contributed by atoms with E-state index in [2.05, 4.69) is 0 Å². The Labute approximate surface area is 165 Å². The van der Waals surface area contributed by atoms with E-state index < -0.39 is 0 Å². The molecule has 132 valence electrons. The molecule has 0 amide bonds. The lowest BCUT2D eigenvalue weighted by Crippen LogP contribution is -2.01. The zero-order valence-electron chi connectivity index (χ0n) is 14.2. The fraction of sp³-hybridized carbons (Fsp3) is 0.100. The third-order valence-electron chi connectivity index (χ3n) is 3.61. The Bertz CT molecular complexity index is 902. The first kappa shape index (κ1) is 18.9. The van der Waals surface area contributed by atoms with Crippen molar-refractivity contribution < 1.29 is 14.3 Å². The van der Waals surface area contributed by atoms with Crippen LogP contribution in [-0.4, -0.2) is 24.9 Å². The van der Waals surface area contributed by atoms with Gasteiger partial charge >= 0.3 is 0 Å². The lowest BCUT2D eigenvalue weighted by molar-refractivity contribution is 0.103. The summed E-state index contributed by atoms with van der Waals surface area (Å²) in [5.74, 6) is 0.533. The van der Waals surface area contributed by atoms with Crippen LogP contribution in [0.5, 0.6) is 5.75 Å². The van der Waals surface area contributed by atoms with Gasteiger partial charge in [-0.05, 0) is 18.4 Å². The number of thioether (sulfide) groups is 3. The smallest absolute Gasteiger partial charge is 0.201 e. The molecule has 0 spiro atoms. The molecule has 0 bridgehead atoms. The number of benzene rings is 2. The Balaban J connectivity index is 1.82. The van der Waals surface area contributed by atoms with Gasteiger partial charge in [-0.2, -0.15) is 0 Å². The SMILES string of the molecule is COc1cccc(C(=O)C2=C(SC)S/C(=C\C(=O)c3ccccc3)S2)c1. The van der Waals surface area contributed by atoms with Crippen molar-refractivity contribution in [3.05, 3.63) is 85.2 Å². The number of methoxy groups -OCH3 is 1. The summed E-state index contributed by atoms with van der Waals surface area (Å²) in [6, 6.07) is 16.2. The maximum Gasteiger partial charge on any atom is 0.201 e. The maximum atomic E-state index is 12.9. The topological polar surface area (TPSA) is 43.4 Å². The van der Waals surface area contributed by atoms with Gasteiger partial charge in [0.2, 0.25) is 5.78 Å². The van der Waals surface area contributed by atoms with Gasteiger partial charge < -0.3 is 4.74 Å². The highest BCUT2D eigenvalue weighted by atomic mass is 32.2. The van der Waals surface area contributed by atoms with Crippen molar-refractivity contribution in [1.29, 1.82) is 0 Å². The fourth-order valence-corrected chi connectivity index (χ4v) is 5.85. The minimum atomic E-state index is -0.0591. The van der Waals surface area contributed by atoms with Gasteiger partial charge in [0.05, 0.1) is 20.5 Å². The van der Waals surface area contributed by atoms with Crippen LogP contribution in [-0.2, 0) is 0 Å². The van der Waals surface area contributed by atoms with E-state index in [0.717, 1.165) is 8.47 Å². The molecule has 1 aliphatic rings. The molecule has 1 aliphatic heterocycles. The molecule has 0 N–H and O–H groups in total. The van der Waals surface area contributed by atoms with Crippen LogP contribution in [0.1, 0.15) is 20.7 Å². The van der Waals surface area contributed by atoms with E-state index in [1.54, 1.807) is 49.6 Å². The predicted octanol–water partition coefficient (Wildman–Crippen LogP) is 5.61. The lowest BCUT2D eigenvalue weighted by atomic mass is 10.1. The number of ketones is 2. The summed E-state index contributed by atoms with van der Waals surface area (Å²) in [7, 11) is 1.58. The van der Waals surface area contributed by atoms with Crippen molar-refractivity contribution in [2.45, 2.75) is 0 Å². The minimum absolute atomic E-state index is 0.0543. The number of rotatable bonds is 6. The average molecular weight is 401 g/mol. The summed E-state index contributed by atoms with van der Waals surface area (Å²) in [5.41, 5.74) is 1.22. The van der Waals surface area contributed by atoms with Crippen molar-refractivity contribution in [1.82, 2.24) is 0 Å². The summed E-state index contributed by atoms with van der Waals surface area (Å²) < 4.78 is 6.93. The van der Waals surface area contributed by atoms with Crippen molar-refractivity contribution in [2.24, 2.45) is 0 Å². The van der Waals surface area contributed by atoms with Crippen molar-refractivity contribution in [2.75, 3.05) is 13.4 Å². The summed E-state index contributed by atoms with van der Waals surface area (Å²) in [6.45, 7) is 0. The molecular formula is C20H16O3S3. The van der Waals surface area contributed by atoms with Crippen LogP contribution in [0.25, 0.3) is 0 Å².